The minimum absolute atomic E-state index is 0.0289. The molecule has 0 spiro atoms. The zero-order valence-electron chi connectivity index (χ0n) is 18.5. The van der Waals surface area contributed by atoms with Crippen LogP contribution in [0.2, 0.25) is 0 Å². The van der Waals surface area contributed by atoms with Gasteiger partial charge in [0.15, 0.2) is 0 Å². The molecule has 20 heteroatoms. The SMILES string of the molecule is CCOS(=O)(=O)O.O=C(O)/C=C/C(=O)O.O=C(O)CN(CC(=O)O)CC(O)N(CC(=O)O)CC(=O)O. The van der Waals surface area contributed by atoms with E-state index in [0.29, 0.717) is 17.1 Å². The van der Waals surface area contributed by atoms with E-state index in [1.54, 1.807) is 0 Å². The molecule has 0 aliphatic carbocycles. The maximum atomic E-state index is 10.6. The fraction of sp³-hybridized carbons (Fsp3) is 0.500. The highest BCUT2D eigenvalue weighted by Crippen LogP contribution is 2.01. The van der Waals surface area contributed by atoms with Crippen molar-refractivity contribution in [2.75, 3.05) is 39.3 Å². The molecule has 0 aromatic heterocycles. The lowest BCUT2D eigenvalue weighted by Crippen LogP contribution is -2.49. The predicted octanol–water partition coefficient (Wildman–Crippen LogP) is -3.22. The molecule has 0 saturated carbocycles. The van der Waals surface area contributed by atoms with Crippen molar-refractivity contribution in [1.82, 2.24) is 9.80 Å². The molecule has 36 heavy (non-hydrogen) atoms. The van der Waals surface area contributed by atoms with Crippen LogP contribution in [-0.4, -0.2) is 140 Å². The minimum atomic E-state index is -4.17. The van der Waals surface area contributed by atoms with Crippen molar-refractivity contribution in [3.63, 3.8) is 0 Å². The zero-order valence-corrected chi connectivity index (χ0v) is 19.3. The number of hydrogen-bond acceptors (Lipinski definition) is 12. The summed E-state index contributed by atoms with van der Waals surface area (Å²) in [6.07, 6.45) is -0.527. The van der Waals surface area contributed by atoms with Crippen molar-refractivity contribution in [2.45, 2.75) is 13.2 Å². The maximum Gasteiger partial charge on any atom is 0.397 e. The van der Waals surface area contributed by atoms with E-state index < -0.39 is 85.2 Å². The zero-order chi connectivity index (χ0) is 29.1. The molecule has 1 atom stereocenters. The summed E-state index contributed by atoms with van der Waals surface area (Å²) in [6.45, 7) is -2.07. The monoisotopic (exact) mass is 550 g/mol. The van der Waals surface area contributed by atoms with Crippen LogP contribution in [0.1, 0.15) is 6.92 Å². The van der Waals surface area contributed by atoms with E-state index in [9.17, 15) is 42.3 Å². The third kappa shape index (κ3) is 30.3. The van der Waals surface area contributed by atoms with Gasteiger partial charge in [-0.3, -0.25) is 33.5 Å². The molecule has 0 saturated heterocycles. The molecule has 208 valence electrons. The molecule has 0 heterocycles. The molecular weight excluding hydrogens is 524 g/mol. The van der Waals surface area contributed by atoms with E-state index in [1.807, 2.05) is 0 Å². The highest BCUT2D eigenvalue weighted by atomic mass is 32.3. The predicted molar refractivity (Wildman–Crippen MR) is 112 cm³/mol. The molecule has 0 aromatic rings. The second-order valence-electron chi connectivity index (χ2n) is 5.97. The van der Waals surface area contributed by atoms with Gasteiger partial charge in [0.2, 0.25) is 0 Å². The average molecular weight is 550 g/mol. The van der Waals surface area contributed by atoms with Gasteiger partial charge in [-0.05, 0) is 6.92 Å². The fourth-order valence-corrected chi connectivity index (χ4v) is 2.12. The molecule has 0 rings (SSSR count). The lowest BCUT2D eigenvalue weighted by Gasteiger charge is -2.28. The Bertz CT molecular complexity index is 837. The maximum absolute atomic E-state index is 10.6. The van der Waals surface area contributed by atoms with Crippen molar-refractivity contribution in [1.29, 1.82) is 0 Å². The molecule has 0 radical (unpaired) electrons. The van der Waals surface area contributed by atoms with Gasteiger partial charge in [-0.2, -0.15) is 8.42 Å². The highest BCUT2D eigenvalue weighted by Gasteiger charge is 2.25. The second-order valence-corrected chi connectivity index (χ2v) is 7.07. The summed E-state index contributed by atoms with van der Waals surface area (Å²) in [4.78, 5) is 63.0. The average Bonchev–Trinajstić information content (AvgIpc) is 2.64. The van der Waals surface area contributed by atoms with Crippen LogP contribution in [0.15, 0.2) is 12.2 Å². The van der Waals surface area contributed by atoms with Crippen LogP contribution in [0.4, 0.5) is 0 Å². The number of carboxylic acid groups (broad SMARTS) is 6. The molecule has 8 N–H and O–H groups in total. The Hall–Kier alpha value is -3.69. The fourth-order valence-electron chi connectivity index (χ4n) is 1.82. The number of rotatable bonds is 15. The summed E-state index contributed by atoms with van der Waals surface area (Å²) < 4.78 is 30.7. The molecule has 0 bridgehead atoms. The van der Waals surface area contributed by atoms with E-state index in [1.165, 1.54) is 6.92 Å². The Balaban J connectivity index is -0.000000591. The van der Waals surface area contributed by atoms with Crippen LogP contribution in [0.5, 0.6) is 0 Å². The van der Waals surface area contributed by atoms with Gasteiger partial charge < -0.3 is 35.7 Å². The first kappa shape index (κ1) is 36.9. The standard InChI is InChI=1S/C10H16N2O9.C4H4O4.C2H6O4S/c13-6(12(4-9(18)19)5-10(20)21)1-11(2-7(14)15)3-8(16)17;5-3(6)1-2-4(7)8;1-2-6-7(3,4)5/h6,13H,1-5H2,(H,14,15)(H,16,17)(H,18,19)(H,20,21);1-2H,(H,5,6)(H,7,8);2H2,1H3,(H,3,4,5)/b;2-1+;. The Labute approximate surface area is 203 Å². The van der Waals surface area contributed by atoms with Gasteiger partial charge >= 0.3 is 46.2 Å². The minimum Gasteiger partial charge on any atom is -0.480 e. The summed E-state index contributed by atoms with van der Waals surface area (Å²) in [5, 5.41) is 59.9. The number of aliphatic hydroxyl groups excluding tert-OH is 1. The molecule has 0 aliphatic heterocycles. The Morgan fingerprint density at radius 1 is 0.750 bits per heavy atom. The Kier molecular flexibility index (Phi) is 20.1. The number of carboxylic acids is 6. The number of nitrogens with zero attached hydrogens (tertiary/aromatic N) is 2. The first-order valence-corrected chi connectivity index (χ1v) is 10.4. The number of carbonyl (C=O) groups is 6. The molecule has 0 aromatic carbocycles. The van der Waals surface area contributed by atoms with E-state index in [-0.39, 0.29) is 6.61 Å². The highest BCUT2D eigenvalue weighted by molar-refractivity contribution is 7.80. The van der Waals surface area contributed by atoms with E-state index in [2.05, 4.69) is 4.18 Å². The van der Waals surface area contributed by atoms with Gasteiger partial charge in [-0.15, -0.1) is 0 Å². The van der Waals surface area contributed by atoms with Gasteiger partial charge in [0.25, 0.3) is 0 Å². The van der Waals surface area contributed by atoms with Gasteiger partial charge in [0, 0.05) is 18.7 Å². The van der Waals surface area contributed by atoms with Crippen LogP contribution >= 0.6 is 0 Å². The third-order valence-corrected chi connectivity index (χ3v) is 3.41. The van der Waals surface area contributed by atoms with Crippen molar-refractivity contribution in [2.24, 2.45) is 0 Å². The second kappa shape index (κ2) is 19.6. The molecule has 0 aliphatic rings. The van der Waals surface area contributed by atoms with Gasteiger partial charge in [-0.1, -0.05) is 0 Å². The Morgan fingerprint density at radius 2 is 1.08 bits per heavy atom. The summed E-state index contributed by atoms with van der Waals surface area (Å²) in [5.41, 5.74) is 0. The van der Waals surface area contributed by atoms with Crippen LogP contribution in [0.3, 0.4) is 0 Å². The van der Waals surface area contributed by atoms with Crippen LogP contribution in [0, 0.1) is 0 Å². The van der Waals surface area contributed by atoms with Gasteiger partial charge in [0.05, 0.1) is 32.8 Å². The van der Waals surface area contributed by atoms with Gasteiger partial charge in [-0.25, -0.2) is 13.8 Å². The largest absolute Gasteiger partial charge is 0.480 e. The summed E-state index contributed by atoms with van der Waals surface area (Å²) in [6, 6.07) is 0. The molecule has 1 unspecified atom stereocenters. The summed E-state index contributed by atoms with van der Waals surface area (Å²) in [5.74, 6) is -7.98. The van der Waals surface area contributed by atoms with Crippen molar-refractivity contribution >= 4 is 46.2 Å². The molecule has 0 amide bonds. The summed E-state index contributed by atoms with van der Waals surface area (Å²) >= 11 is 0. The number of aliphatic hydroxyl groups is 1. The molecular formula is C16H26N2O17S. The van der Waals surface area contributed by atoms with E-state index in [4.69, 9.17) is 35.2 Å². The quantitative estimate of drug-likeness (QED) is 0.0564. The smallest absolute Gasteiger partial charge is 0.397 e. The lowest BCUT2D eigenvalue weighted by atomic mass is 10.3. The number of aliphatic carboxylic acids is 6. The first-order valence-electron chi connectivity index (χ1n) is 9.08. The van der Waals surface area contributed by atoms with Gasteiger partial charge in [0.1, 0.15) is 6.23 Å². The van der Waals surface area contributed by atoms with Crippen LogP contribution < -0.4 is 0 Å². The van der Waals surface area contributed by atoms with Crippen molar-refractivity contribution < 1.29 is 81.7 Å². The lowest BCUT2D eigenvalue weighted by molar-refractivity contribution is -0.151. The molecule has 0 fully saturated rings. The Morgan fingerprint density at radius 3 is 1.28 bits per heavy atom. The van der Waals surface area contributed by atoms with E-state index in [0.717, 1.165) is 4.90 Å². The summed E-state index contributed by atoms with van der Waals surface area (Å²) in [7, 11) is -4.17. The van der Waals surface area contributed by atoms with Crippen molar-refractivity contribution in [3.05, 3.63) is 12.2 Å². The third-order valence-electron chi connectivity index (χ3n) is 2.87. The van der Waals surface area contributed by atoms with E-state index >= 15 is 0 Å². The normalized spacial score (nSPS) is 11.6. The van der Waals surface area contributed by atoms with Crippen LogP contribution in [0.25, 0.3) is 0 Å². The van der Waals surface area contributed by atoms with Crippen LogP contribution in [-0.2, 0) is 43.3 Å². The topological polar surface area (TPSA) is 314 Å². The molecule has 19 nitrogen and oxygen atoms in total. The first-order chi connectivity index (χ1) is 16.3. The van der Waals surface area contributed by atoms with Crippen molar-refractivity contribution in [3.8, 4) is 0 Å². The number of hydrogen-bond donors (Lipinski definition) is 8.